The highest BCUT2D eigenvalue weighted by Crippen LogP contribution is 2.37. The predicted molar refractivity (Wildman–Crippen MR) is 128 cm³/mol. The Balaban J connectivity index is 1.40. The highest BCUT2D eigenvalue weighted by molar-refractivity contribution is 5.96. The third-order valence-electron chi connectivity index (χ3n) is 6.08. The molecule has 1 saturated heterocycles. The lowest BCUT2D eigenvalue weighted by molar-refractivity contribution is -0.147. The normalized spacial score (nSPS) is 17.0. The zero-order chi connectivity index (χ0) is 25.1. The van der Waals surface area contributed by atoms with Gasteiger partial charge in [0.2, 0.25) is 5.62 Å². The van der Waals surface area contributed by atoms with Gasteiger partial charge in [-0.3, -0.25) is 23.9 Å². The number of ether oxygens (including phenoxy) is 3. The number of anilines is 1. The molecule has 11 heteroatoms. The quantitative estimate of drug-likeness (QED) is 0.371. The van der Waals surface area contributed by atoms with Gasteiger partial charge in [-0.25, -0.2) is 4.98 Å². The minimum atomic E-state index is -0.638. The number of cyclic esters (lactones) is 1. The van der Waals surface area contributed by atoms with E-state index < -0.39 is 12.0 Å². The maximum atomic E-state index is 12.7. The Bertz CT molecular complexity index is 1400. The van der Waals surface area contributed by atoms with Crippen molar-refractivity contribution in [1.82, 2.24) is 14.5 Å². The number of amides is 1. The first-order valence-corrected chi connectivity index (χ1v) is 11.7. The molecule has 3 aromatic rings. The van der Waals surface area contributed by atoms with Crippen molar-refractivity contribution in [2.45, 2.75) is 38.3 Å². The average Bonchev–Trinajstić information content (AvgIpc) is 3.56. The number of aromatic nitrogens is 3. The zero-order valence-electron chi connectivity index (χ0n) is 19.7. The number of esters is 1. The average molecular weight is 492 g/mol. The first-order valence-electron chi connectivity index (χ1n) is 11.7. The van der Waals surface area contributed by atoms with Crippen molar-refractivity contribution in [3.8, 4) is 11.5 Å². The fraction of sp³-hybridized carbons (Fsp3) is 0.360. The van der Waals surface area contributed by atoms with Crippen LogP contribution in [0.25, 0.3) is 10.9 Å². The van der Waals surface area contributed by atoms with Gasteiger partial charge in [0.05, 0.1) is 19.3 Å². The van der Waals surface area contributed by atoms with Gasteiger partial charge in [0.15, 0.2) is 23.4 Å². The number of hydrogen-bond acceptors (Lipinski definition) is 9. The van der Waals surface area contributed by atoms with Crippen molar-refractivity contribution in [1.29, 1.82) is 0 Å². The first kappa shape index (κ1) is 23.5. The summed E-state index contributed by atoms with van der Waals surface area (Å²) in [5.74, 6) is 0.792. The van der Waals surface area contributed by atoms with Crippen LogP contribution in [0.4, 0.5) is 5.82 Å². The standard InChI is InChI=1S/C25H25N5O6/c1-34-22-19(35-13-3-5-17(31)18-8-9-20(32)36-18)7-6-16-21(22)28-25(30-12-11-27-23(16)30)29-24(33)15-4-2-10-26-14-15/h2,4,6-7,10,14,18,27H,3,5,8-9,11-13H2,1H3/t18-/m0/s1. The molecule has 2 aliphatic heterocycles. The molecular weight excluding hydrogens is 466 g/mol. The number of Topliss-reactive ketones (excluding diaryl/α,β-unsaturated/α-hetero) is 1. The highest BCUT2D eigenvalue weighted by Gasteiger charge is 2.29. The number of nitrogens with one attached hydrogen (secondary N) is 1. The Kier molecular flexibility index (Phi) is 6.61. The molecule has 1 aromatic carbocycles. The van der Waals surface area contributed by atoms with E-state index in [0.29, 0.717) is 48.5 Å². The van der Waals surface area contributed by atoms with E-state index in [-0.39, 0.29) is 36.8 Å². The number of carbonyl (C=O) groups excluding carboxylic acids is 3. The number of pyridine rings is 1. The lowest BCUT2D eigenvalue weighted by atomic mass is 10.1. The van der Waals surface area contributed by atoms with Gasteiger partial charge >= 0.3 is 5.97 Å². The van der Waals surface area contributed by atoms with Gasteiger partial charge in [-0.1, -0.05) is 0 Å². The lowest BCUT2D eigenvalue weighted by Gasteiger charge is -2.15. The second-order valence-electron chi connectivity index (χ2n) is 8.43. The highest BCUT2D eigenvalue weighted by atomic mass is 16.6. The van der Waals surface area contributed by atoms with E-state index in [9.17, 15) is 14.4 Å². The summed E-state index contributed by atoms with van der Waals surface area (Å²) in [6, 6.07) is 7.00. The van der Waals surface area contributed by atoms with Gasteiger partial charge in [0.1, 0.15) is 11.3 Å². The summed E-state index contributed by atoms with van der Waals surface area (Å²) in [6.45, 7) is 1.56. The number of methoxy groups -OCH3 is 1. The van der Waals surface area contributed by atoms with Crippen LogP contribution in [0.2, 0.25) is 0 Å². The molecule has 11 nitrogen and oxygen atoms in total. The predicted octanol–water partition coefficient (Wildman–Crippen LogP) is 2.04. The topological polar surface area (TPSA) is 134 Å². The van der Waals surface area contributed by atoms with Crippen molar-refractivity contribution >= 4 is 34.4 Å². The maximum Gasteiger partial charge on any atom is 0.306 e. The van der Waals surface area contributed by atoms with Gasteiger partial charge < -0.3 is 19.5 Å². The number of benzene rings is 1. The van der Waals surface area contributed by atoms with Gasteiger partial charge in [0.25, 0.3) is 5.91 Å². The SMILES string of the molecule is COc1c(OCCCC(=O)[C@@H]2CCC(=O)O2)ccc2c3n(c(=NC(=O)c4cccnc4)nc12)CCN3. The molecule has 2 aliphatic rings. The number of rotatable bonds is 8. The summed E-state index contributed by atoms with van der Waals surface area (Å²) >= 11 is 0. The Morgan fingerprint density at radius 1 is 1.31 bits per heavy atom. The molecule has 2 aromatic heterocycles. The fourth-order valence-electron chi connectivity index (χ4n) is 4.33. The number of nitrogens with zero attached hydrogens (tertiary/aromatic N) is 4. The molecule has 1 fully saturated rings. The molecule has 36 heavy (non-hydrogen) atoms. The van der Waals surface area contributed by atoms with Crippen LogP contribution in [0.15, 0.2) is 41.7 Å². The van der Waals surface area contributed by atoms with E-state index in [1.807, 2.05) is 10.6 Å². The van der Waals surface area contributed by atoms with Crippen LogP contribution in [0.1, 0.15) is 36.0 Å². The largest absolute Gasteiger partial charge is 0.491 e. The van der Waals surface area contributed by atoms with E-state index >= 15 is 0 Å². The monoisotopic (exact) mass is 491 g/mol. The smallest absolute Gasteiger partial charge is 0.306 e. The van der Waals surface area contributed by atoms with Gasteiger partial charge in [-0.2, -0.15) is 4.99 Å². The molecule has 1 amide bonds. The van der Waals surface area contributed by atoms with Crippen molar-refractivity contribution in [2.24, 2.45) is 4.99 Å². The Morgan fingerprint density at radius 2 is 2.19 bits per heavy atom. The van der Waals surface area contributed by atoms with Crippen molar-refractivity contribution < 1.29 is 28.6 Å². The van der Waals surface area contributed by atoms with Crippen LogP contribution in [0.3, 0.4) is 0 Å². The summed E-state index contributed by atoms with van der Waals surface area (Å²) in [5.41, 5.74) is 1.12. The molecule has 4 heterocycles. The number of carbonyl (C=O) groups is 3. The van der Waals surface area contributed by atoms with Gasteiger partial charge in [-0.15, -0.1) is 0 Å². The van der Waals surface area contributed by atoms with Crippen molar-refractivity contribution in [3.05, 3.63) is 47.8 Å². The van der Waals surface area contributed by atoms with E-state index in [0.717, 1.165) is 11.2 Å². The van der Waals surface area contributed by atoms with Crippen LogP contribution in [0, 0.1) is 0 Å². The molecule has 0 radical (unpaired) electrons. The van der Waals surface area contributed by atoms with Crippen LogP contribution in [-0.2, 0) is 20.9 Å². The minimum absolute atomic E-state index is 0.0974. The van der Waals surface area contributed by atoms with Crippen LogP contribution >= 0.6 is 0 Å². The number of fused-ring (bicyclic) bond motifs is 3. The molecule has 0 bridgehead atoms. The fourth-order valence-corrected chi connectivity index (χ4v) is 4.33. The van der Waals surface area contributed by atoms with Crippen molar-refractivity contribution in [3.63, 3.8) is 0 Å². The molecule has 1 atom stereocenters. The summed E-state index contributed by atoms with van der Waals surface area (Å²) < 4.78 is 18.5. The van der Waals surface area contributed by atoms with Crippen LogP contribution in [-0.4, -0.2) is 58.6 Å². The second-order valence-corrected chi connectivity index (χ2v) is 8.43. The lowest BCUT2D eigenvalue weighted by Crippen LogP contribution is -2.25. The Hall–Kier alpha value is -4.28. The summed E-state index contributed by atoms with van der Waals surface area (Å²) in [7, 11) is 1.52. The van der Waals surface area contributed by atoms with Crippen molar-refractivity contribution in [2.75, 3.05) is 25.6 Å². The Labute approximate surface area is 206 Å². The number of ketones is 1. The minimum Gasteiger partial charge on any atom is -0.491 e. The van der Waals surface area contributed by atoms with Gasteiger partial charge in [0, 0.05) is 50.1 Å². The summed E-state index contributed by atoms with van der Waals surface area (Å²) in [6.07, 6.45) is 3.85. The van der Waals surface area contributed by atoms with E-state index in [1.54, 1.807) is 24.4 Å². The Morgan fingerprint density at radius 3 is 2.94 bits per heavy atom. The summed E-state index contributed by atoms with van der Waals surface area (Å²) in [5, 5.41) is 4.14. The second kappa shape index (κ2) is 10.1. The molecule has 1 N–H and O–H groups in total. The van der Waals surface area contributed by atoms with Crippen LogP contribution < -0.4 is 20.4 Å². The van der Waals surface area contributed by atoms with E-state index in [2.05, 4.69) is 20.3 Å². The first-order chi connectivity index (χ1) is 17.5. The molecule has 5 rings (SSSR count). The third kappa shape index (κ3) is 4.64. The van der Waals surface area contributed by atoms with E-state index in [4.69, 9.17) is 14.2 Å². The number of hydrogen-bond donors (Lipinski definition) is 1. The van der Waals surface area contributed by atoms with Gasteiger partial charge in [-0.05, 0) is 30.7 Å². The zero-order valence-corrected chi connectivity index (χ0v) is 19.7. The molecular formula is C25H25N5O6. The molecule has 0 aliphatic carbocycles. The molecule has 0 unspecified atom stereocenters. The third-order valence-corrected chi connectivity index (χ3v) is 6.08. The van der Waals surface area contributed by atoms with Crippen LogP contribution in [0.5, 0.6) is 11.5 Å². The molecule has 0 spiro atoms. The van der Waals surface area contributed by atoms with E-state index in [1.165, 1.54) is 13.3 Å². The molecule has 0 saturated carbocycles. The maximum absolute atomic E-state index is 12.7. The summed E-state index contributed by atoms with van der Waals surface area (Å²) in [4.78, 5) is 49.1. The molecule has 186 valence electrons.